The summed E-state index contributed by atoms with van der Waals surface area (Å²) in [5.74, 6) is 0.892. The fourth-order valence-electron chi connectivity index (χ4n) is 4.84. The summed E-state index contributed by atoms with van der Waals surface area (Å²) < 4.78 is 8.50. The molecule has 1 fully saturated rings. The number of fused-ring (bicyclic) bond motifs is 1. The number of hydrogen-bond acceptors (Lipinski definition) is 3. The molecule has 30 heavy (non-hydrogen) atoms. The number of carbonyl (C=O) groups excluding carboxylic acids is 1. The third kappa shape index (κ3) is 3.84. The van der Waals surface area contributed by atoms with Crippen LogP contribution in [0.3, 0.4) is 0 Å². The molecule has 1 N–H and O–H groups in total. The van der Waals surface area contributed by atoms with Gasteiger partial charge in [0.25, 0.3) is 5.91 Å². The Balaban J connectivity index is 1.33. The zero-order chi connectivity index (χ0) is 20.4. The van der Waals surface area contributed by atoms with Gasteiger partial charge in [-0.2, -0.15) is 0 Å². The Morgan fingerprint density at radius 3 is 2.67 bits per heavy atom. The summed E-state index contributed by atoms with van der Waals surface area (Å²) in [5.41, 5.74) is 2.77. The first-order valence-electron chi connectivity index (χ1n) is 10.8. The highest BCUT2D eigenvalue weighted by Crippen LogP contribution is 2.46. The number of para-hydroxylation sites is 1. The molecule has 1 aromatic heterocycles. The number of nitrogens with one attached hydrogen (secondary N) is 1. The molecule has 5 heteroatoms. The van der Waals surface area contributed by atoms with E-state index >= 15 is 0 Å². The molecule has 1 aliphatic carbocycles. The molecule has 0 radical (unpaired) electrons. The van der Waals surface area contributed by atoms with E-state index in [2.05, 4.69) is 16.4 Å². The molecule has 0 unspecified atom stereocenters. The van der Waals surface area contributed by atoms with Crippen molar-refractivity contribution in [1.82, 2.24) is 14.9 Å². The smallest absolute Gasteiger partial charge is 0.251 e. The molecular formula is C25H27N3O2. The summed E-state index contributed by atoms with van der Waals surface area (Å²) in [4.78, 5) is 17.1. The lowest BCUT2D eigenvalue weighted by atomic mass is 9.77. The van der Waals surface area contributed by atoms with Gasteiger partial charge in [0.05, 0.1) is 12.4 Å². The number of aromatic nitrogens is 2. The molecule has 2 aliphatic rings. The predicted molar refractivity (Wildman–Crippen MR) is 115 cm³/mol. The van der Waals surface area contributed by atoms with Gasteiger partial charge in [-0.15, -0.1) is 0 Å². The molecule has 2 aromatic carbocycles. The second kappa shape index (κ2) is 7.98. The van der Waals surface area contributed by atoms with Gasteiger partial charge in [0.2, 0.25) is 0 Å². The highest BCUT2D eigenvalue weighted by atomic mass is 16.5. The van der Waals surface area contributed by atoms with Gasteiger partial charge in [0.1, 0.15) is 11.4 Å². The van der Waals surface area contributed by atoms with E-state index in [1.54, 1.807) is 12.5 Å². The quantitative estimate of drug-likeness (QED) is 0.677. The van der Waals surface area contributed by atoms with Gasteiger partial charge in [-0.25, -0.2) is 4.98 Å². The van der Waals surface area contributed by atoms with E-state index in [1.807, 2.05) is 53.2 Å². The molecule has 3 aromatic rings. The minimum Gasteiger partial charge on any atom is -0.487 e. The first-order valence-corrected chi connectivity index (χ1v) is 10.8. The van der Waals surface area contributed by atoms with Crippen molar-refractivity contribution >= 4 is 5.91 Å². The number of amides is 1. The summed E-state index contributed by atoms with van der Waals surface area (Å²) in [6.07, 6.45) is 12.1. The van der Waals surface area contributed by atoms with Gasteiger partial charge in [0.15, 0.2) is 0 Å². The van der Waals surface area contributed by atoms with Crippen LogP contribution in [0.15, 0.2) is 67.3 Å². The van der Waals surface area contributed by atoms with Crippen LogP contribution in [0.1, 0.15) is 66.1 Å². The molecule has 5 nitrogen and oxygen atoms in total. The van der Waals surface area contributed by atoms with Crippen molar-refractivity contribution in [3.8, 4) is 5.75 Å². The highest BCUT2D eigenvalue weighted by Gasteiger charge is 2.42. The lowest BCUT2D eigenvalue weighted by molar-refractivity contribution is -0.00209. The topological polar surface area (TPSA) is 56.1 Å². The SMILES string of the molecule is O=C(N[C@H]1CC2(CCCCC2)Oc2ccccc21)c1ccc(Cn2ccnc2)cc1. The first-order chi connectivity index (χ1) is 14.7. The minimum absolute atomic E-state index is 0.0221. The van der Waals surface area contributed by atoms with Crippen LogP contribution in [0.25, 0.3) is 0 Å². The fraction of sp³-hybridized carbons (Fsp3) is 0.360. The molecule has 0 bridgehead atoms. The largest absolute Gasteiger partial charge is 0.487 e. The number of nitrogens with zero attached hydrogens (tertiary/aromatic N) is 2. The van der Waals surface area contributed by atoms with Crippen LogP contribution in [0.5, 0.6) is 5.75 Å². The van der Waals surface area contributed by atoms with Crippen LogP contribution in [0, 0.1) is 0 Å². The summed E-state index contributed by atoms with van der Waals surface area (Å²) >= 11 is 0. The van der Waals surface area contributed by atoms with Gasteiger partial charge < -0.3 is 14.6 Å². The van der Waals surface area contributed by atoms with Gasteiger partial charge >= 0.3 is 0 Å². The number of ether oxygens (including phenoxy) is 1. The maximum absolute atomic E-state index is 13.1. The van der Waals surface area contributed by atoms with Crippen LogP contribution < -0.4 is 10.1 Å². The number of carbonyl (C=O) groups is 1. The van der Waals surface area contributed by atoms with Crippen LogP contribution in [-0.2, 0) is 6.54 Å². The highest BCUT2D eigenvalue weighted by molar-refractivity contribution is 5.94. The van der Waals surface area contributed by atoms with Crippen LogP contribution in [0.2, 0.25) is 0 Å². The molecule has 1 spiro atoms. The molecule has 5 rings (SSSR count). The maximum Gasteiger partial charge on any atom is 0.251 e. The first kappa shape index (κ1) is 18.9. The van der Waals surface area contributed by atoms with Crippen molar-refractivity contribution < 1.29 is 9.53 Å². The maximum atomic E-state index is 13.1. The van der Waals surface area contributed by atoms with Crippen LogP contribution in [0.4, 0.5) is 0 Å². The van der Waals surface area contributed by atoms with E-state index < -0.39 is 0 Å². The van der Waals surface area contributed by atoms with Crippen molar-refractivity contribution in [2.75, 3.05) is 0 Å². The van der Waals surface area contributed by atoms with Crippen molar-refractivity contribution in [3.05, 3.63) is 83.9 Å². The van der Waals surface area contributed by atoms with E-state index in [9.17, 15) is 4.79 Å². The van der Waals surface area contributed by atoms with Gasteiger partial charge in [-0.1, -0.05) is 36.8 Å². The van der Waals surface area contributed by atoms with Gasteiger partial charge in [0, 0.05) is 36.5 Å². The zero-order valence-electron chi connectivity index (χ0n) is 17.1. The second-order valence-corrected chi connectivity index (χ2v) is 8.55. The normalized spacial score (nSPS) is 19.7. The Hall–Kier alpha value is -3.08. The Labute approximate surface area is 177 Å². The average Bonchev–Trinajstić information content (AvgIpc) is 3.28. The molecule has 0 saturated heterocycles. The van der Waals surface area contributed by atoms with Crippen molar-refractivity contribution in [1.29, 1.82) is 0 Å². The lowest BCUT2D eigenvalue weighted by Gasteiger charge is -2.44. The number of benzene rings is 2. The van der Waals surface area contributed by atoms with E-state index in [1.165, 1.54) is 19.3 Å². The van der Waals surface area contributed by atoms with Crippen molar-refractivity contribution in [2.24, 2.45) is 0 Å². The molecule has 1 atom stereocenters. The second-order valence-electron chi connectivity index (χ2n) is 8.55. The molecule has 154 valence electrons. The van der Waals surface area contributed by atoms with Gasteiger partial charge in [-0.05, 0) is 49.4 Å². The molecule has 1 amide bonds. The molecule has 1 saturated carbocycles. The summed E-state index contributed by atoms with van der Waals surface area (Å²) in [5, 5.41) is 3.29. The van der Waals surface area contributed by atoms with Gasteiger partial charge in [-0.3, -0.25) is 4.79 Å². The summed E-state index contributed by atoms with van der Waals surface area (Å²) in [7, 11) is 0. The van der Waals surface area contributed by atoms with E-state index in [0.717, 1.165) is 42.7 Å². The average molecular weight is 402 g/mol. The minimum atomic E-state index is -0.140. The fourth-order valence-corrected chi connectivity index (χ4v) is 4.84. The van der Waals surface area contributed by atoms with Crippen LogP contribution in [-0.4, -0.2) is 21.1 Å². The van der Waals surface area contributed by atoms with Crippen molar-refractivity contribution in [3.63, 3.8) is 0 Å². The third-order valence-corrected chi connectivity index (χ3v) is 6.41. The van der Waals surface area contributed by atoms with Crippen molar-refractivity contribution in [2.45, 2.75) is 56.7 Å². The van der Waals surface area contributed by atoms with E-state index in [0.29, 0.717) is 5.56 Å². The molecule has 2 heterocycles. The van der Waals surface area contributed by atoms with Crippen LogP contribution >= 0.6 is 0 Å². The Morgan fingerprint density at radius 2 is 1.90 bits per heavy atom. The summed E-state index contributed by atoms with van der Waals surface area (Å²) in [6, 6.07) is 16.0. The monoisotopic (exact) mass is 401 g/mol. The molecule has 1 aliphatic heterocycles. The summed E-state index contributed by atoms with van der Waals surface area (Å²) in [6.45, 7) is 0.748. The Morgan fingerprint density at radius 1 is 1.10 bits per heavy atom. The predicted octanol–water partition coefficient (Wildman–Crippen LogP) is 4.89. The Kier molecular flexibility index (Phi) is 5.03. The zero-order valence-corrected chi connectivity index (χ0v) is 17.1. The van der Waals surface area contributed by atoms with E-state index in [4.69, 9.17) is 4.74 Å². The number of imidazole rings is 1. The third-order valence-electron chi connectivity index (χ3n) is 6.41. The lowest BCUT2D eigenvalue weighted by Crippen LogP contribution is -2.46. The Bertz CT molecular complexity index is 1010. The van der Waals surface area contributed by atoms with E-state index in [-0.39, 0.29) is 17.6 Å². The molecular weight excluding hydrogens is 374 g/mol. The number of hydrogen-bond donors (Lipinski definition) is 1. The number of rotatable bonds is 4. The standard InChI is InChI=1S/C25H27N3O2/c29-24(20-10-8-19(9-11-20)17-28-15-14-26-18-28)27-22-16-25(12-4-1-5-13-25)30-23-7-3-2-6-21(22)23/h2-3,6-11,14-15,18,22H,1,4-5,12-13,16-17H2,(H,27,29)/t22-/m0/s1.